The molecule has 1 aromatic carbocycles. The zero-order chi connectivity index (χ0) is 15.0. The molecule has 5 nitrogen and oxygen atoms in total. The third-order valence-electron chi connectivity index (χ3n) is 3.64. The molecule has 5 heteroatoms. The number of aromatic amines is 1. The molecule has 0 saturated heterocycles. The summed E-state index contributed by atoms with van der Waals surface area (Å²) in [6, 6.07) is 8.96. The van der Waals surface area contributed by atoms with Gasteiger partial charge in [-0.1, -0.05) is 0 Å². The topological polar surface area (TPSA) is 80.1 Å². The summed E-state index contributed by atoms with van der Waals surface area (Å²) in [6.07, 6.45) is 2.42. The van der Waals surface area contributed by atoms with Gasteiger partial charge in [0.25, 0.3) is 5.91 Å². The molecule has 1 unspecified atom stereocenters. The van der Waals surface area contributed by atoms with E-state index >= 15 is 0 Å². The van der Waals surface area contributed by atoms with Crippen LogP contribution in [-0.4, -0.2) is 16.5 Å². The van der Waals surface area contributed by atoms with Gasteiger partial charge in [-0.25, -0.2) is 0 Å². The Bertz CT molecular complexity index is 662. The van der Waals surface area contributed by atoms with E-state index in [0.717, 1.165) is 11.3 Å². The van der Waals surface area contributed by atoms with Crippen molar-refractivity contribution in [3.8, 4) is 5.75 Å². The lowest BCUT2D eigenvalue weighted by molar-refractivity contribution is 0.0619. The molecule has 110 valence electrons. The van der Waals surface area contributed by atoms with E-state index in [1.165, 1.54) is 0 Å². The van der Waals surface area contributed by atoms with Gasteiger partial charge in [0.2, 0.25) is 0 Å². The van der Waals surface area contributed by atoms with Crippen molar-refractivity contribution in [2.24, 2.45) is 0 Å². The number of nitrogens with one attached hydrogen (secondary N) is 2. The van der Waals surface area contributed by atoms with Gasteiger partial charge in [-0.3, -0.25) is 4.79 Å². The molecular formula is C16H19N3O2. The second-order valence-corrected chi connectivity index (χ2v) is 5.97. The Morgan fingerprint density at radius 2 is 2.24 bits per heavy atom. The molecule has 1 aliphatic heterocycles. The molecular weight excluding hydrogens is 266 g/mol. The Kier molecular flexibility index (Phi) is 3.12. The molecule has 1 amide bonds. The third-order valence-corrected chi connectivity index (χ3v) is 3.64. The van der Waals surface area contributed by atoms with E-state index in [-0.39, 0.29) is 17.6 Å². The van der Waals surface area contributed by atoms with Gasteiger partial charge in [0.15, 0.2) is 0 Å². The van der Waals surface area contributed by atoms with Crippen LogP contribution in [0.2, 0.25) is 0 Å². The first-order chi connectivity index (χ1) is 9.94. The number of ether oxygens (including phenoxy) is 1. The molecule has 1 aromatic heterocycles. The van der Waals surface area contributed by atoms with Crippen LogP contribution in [-0.2, 0) is 0 Å². The van der Waals surface area contributed by atoms with E-state index in [1.807, 2.05) is 32.0 Å². The van der Waals surface area contributed by atoms with Crippen molar-refractivity contribution in [2.75, 3.05) is 5.73 Å². The van der Waals surface area contributed by atoms with Crippen molar-refractivity contribution in [3.05, 3.63) is 47.8 Å². The van der Waals surface area contributed by atoms with E-state index in [4.69, 9.17) is 10.5 Å². The normalized spacial score (nSPS) is 19.4. The summed E-state index contributed by atoms with van der Waals surface area (Å²) in [6.45, 7) is 4.03. The number of H-pyrrole nitrogens is 1. The van der Waals surface area contributed by atoms with Crippen LogP contribution in [0.5, 0.6) is 5.75 Å². The number of carbonyl (C=O) groups excluding carboxylic acids is 1. The van der Waals surface area contributed by atoms with Crippen LogP contribution in [0.3, 0.4) is 0 Å². The lowest BCUT2D eigenvalue weighted by atomic mass is 9.89. The predicted octanol–water partition coefficient (Wildman–Crippen LogP) is 2.63. The maximum absolute atomic E-state index is 12.3. The second-order valence-electron chi connectivity index (χ2n) is 5.97. The fourth-order valence-corrected chi connectivity index (χ4v) is 2.71. The number of anilines is 1. The molecule has 4 N–H and O–H groups in total. The van der Waals surface area contributed by atoms with Crippen LogP contribution < -0.4 is 15.8 Å². The van der Waals surface area contributed by atoms with Gasteiger partial charge < -0.3 is 20.8 Å². The number of aromatic nitrogens is 1. The highest BCUT2D eigenvalue weighted by molar-refractivity contribution is 5.92. The molecule has 0 saturated carbocycles. The smallest absolute Gasteiger partial charge is 0.268 e. The van der Waals surface area contributed by atoms with Crippen LogP contribution in [0.4, 0.5) is 5.69 Å². The quantitative estimate of drug-likeness (QED) is 0.742. The molecule has 2 aromatic rings. The van der Waals surface area contributed by atoms with Crippen molar-refractivity contribution >= 4 is 11.6 Å². The van der Waals surface area contributed by atoms with E-state index in [1.54, 1.807) is 18.3 Å². The summed E-state index contributed by atoms with van der Waals surface area (Å²) < 4.78 is 5.96. The molecule has 2 heterocycles. The SMILES string of the molecule is CC1(C)CC(NC(=O)c2ccc[nH]2)c2cc(N)ccc2O1. The first kappa shape index (κ1) is 13.5. The van der Waals surface area contributed by atoms with Crippen molar-refractivity contribution in [1.29, 1.82) is 0 Å². The Morgan fingerprint density at radius 1 is 1.43 bits per heavy atom. The summed E-state index contributed by atoms with van der Waals surface area (Å²) in [5.74, 6) is 0.647. The number of amides is 1. The minimum absolute atomic E-state index is 0.122. The zero-order valence-electron chi connectivity index (χ0n) is 12.1. The fourth-order valence-electron chi connectivity index (χ4n) is 2.71. The van der Waals surface area contributed by atoms with Gasteiger partial charge in [-0.2, -0.15) is 0 Å². The van der Waals surface area contributed by atoms with Gasteiger partial charge in [0.05, 0.1) is 6.04 Å². The molecule has 0 spiro atoms. The van der Waals surface area contributed by atoms with Crippen molar-refractivity contribution < 1.29 is 9.53 Å². The number of benzene rings is 1. The minimum Gasteiger partial charge on any atom is -0.487 e. The third kappa shape index (κ3) is 2.72. The van der Waals surface area contributed by atoms with Gasteiger partial charge in [0, 0.05) is 23.9 Å². The molecule has 0 bridgehead atoms. The zero-order valence-corrected chi connectivity index (χ0v) is 12.1. The summed E-state index contributed by atoms with van der Waals surface area (Å²) >= 11 is 0. The molecule has 0 aliphatic carbocycles. The van der Waals surface area contributed by atoms with Gasteiger partial charge in [-0.15, -0.1) is 0 Å². The molecule has 3 rings (SSSR count). The summed E-state index contributed by atoms with van der Waals surface area (Å²) in [4.78, 5) is 15.2. The van der Waals surface area contributed by atoms with E-state index in [0.29, 0.717) is 17.8 Å². The number of nitrogen functional groups attached to an aromatic ring is 1. The first-order valence-corrected chi connectivity index (χ1v) is 6.97. The number of nitrogens with two attached hydrogens (primary N) is 1. The van der Waals surface area contributed by atoms with Gasteiger partial charge in [0.1, 0.15) is 17.0 Å². The number of hydrogen-bond acceptors (Lipinski definition) is 3. The summed E-state index contributed by atoms with van der Waals surface area (Å²) in [5.41, 5.74) is 7.66. The van der Waals surface area contributed by atoms with E-state index < -0.39 is 0 Å². The number of carbonyl (C=O) groups is 1. The number of hydrogen-bond donors (Lipinski definition) is 3. The molecule has 0 radical (unpaired) electrons. The lowest BCUT2D eigenvalue weighted by Gasteiger charge is -2.38. The Balaban J connectivity index is 1.91. The van der Waals surface area contributed by atoms with Crippen molar-refractivity contribution in [1.82, 2.24) is 10.3 Å². The standard InChI is InChI=1S/C16H19N3O2/c1-16(2)9-13(19-15(20)12-4-3-7-18-12)11-8-10(17)5-6-14(11)21-16/h3-8,13,18H,9,17H2,1-2H3,(H,19,20). The van der Waals surface area contributed by atoms with Crippen molar-refractivity contribution in [3.63, 3.8) is 0 Å². The Hall–Kier alpha value is -2.43. The molecule has 21 heavy (non-hydrogen) atoms. The minimum atomic E-state index is -0.337. The first-order valence-electron chi connectivity index (χ1n) is 6.97. The van der Waals surface area contributed by atoms with E-state index in [9.17, 15) is 4.79 Å². The largest absolute Gasteiger partial charge is 0.487 e. The maximum Gasteiger partial charge on any atom is 0.268 e. The number of rotatable bonds is 2. The van der Waals surface area contributed by atoms with Crippen LogP contribution in [0, 0.1) is 0 Å². The van der Waals surface area contributed by atoms with Crippen LogP contribution in [0.15, 0.2) is 36.5 Å². The van der Waals surface area contributed by atoms with Crippen LogP contribution in [0.1, 0.15) is 42.4 Å². The highest BCUT2D eigenvalue weighted by Gasteiger charge is 2.34. The van der Waals surface area contributed by atoms with Crippen LogP contribution >= 0.6 is 0 Å². The van der Waals surface area contributed by atoms with E-state index in [2.05, 4.69) is 10.3 Å². The fraction of sp³-hybridized carbons (Fsp3) is 0.312. The Morgan fingerprint density at radius 3 is 2.95 bits per heavy atom. The average molecular weight is 285 g/mol. The molecule has 1 aliphatic rings. The monoisotopic (exact) mass is 285 g/mol. The van der Waals surface area contributed by atoms with Crippen LogP contribution in [0.25, 0.3) is 0 Å². The second kappa shape index (κ2) is 4.84. The van der Waals surface area contributed by atoms with Gasteiger partial charge >= 0.3 is 0 Å². The maximum atomic E-state index is 12.3. The summed E-state index contributed by atoms with van der Waals surface area (Å²) in [5, 5.41) is 3.05. The van der Waals surface area contributed by atoms with Gasteiger partial charge in [-0.05, 0) is 44.2 Å². The molecule has 0 fully saturated rings. The highest BCUT2D eigenvalue weighted by atomic mass is 16.5. The average Bonchev–Trinajstić information content (AvgIpc) is 2.93. The summed E-state index contributed by atoms with van der Waals surface area (Å²) in [7, 11) is 0. The Labute approximate surface area is 123 Å². The predicted molar refractivity (Wildman–Crippen MR) is 81.2 cm³/mol. The van der Waals surface area contributed by atoms with Crippen molar-refractivity contribution in [2.45, 2.75) is 31.9 Å². The highest BCUT2D eigenvalue weighted by Crippen LogP contribution is 2.40. The lowest BCUT2D eigenvalue weighted by Crippen LogP contribution is -2.41. The number of fused-ring (bicyclic) bond motifs is 1. The molecule has 1 atom stereocenters.